The summed E-state index contributed by atoms with van der Waals surface area (Å²) in [7, 11) is 1.86. The lowest BCUT2D eigenvalue weighted by Crippen LogP contribution is -2.33. The second-order valence-electron chi connectivity index (χ2n) is 8.19. The first-order chi connectivity index (χ1) is 16.8. The number of rotatable bonds is 12. The number of hydrogen-bond donors (Lipinski definition) is 0. The van der Waals surface area contributed by atoms with E-state index in [0.717, 1.165) is 30.5 Å². The molecule has 1 aromatic rings. The number of hydrogen-bond acceptors (Lipinski definition) is 3. The molecule has 35 heavy (non-hydrogen) atoms. The number of thioether (sulfide) groups is 1. The fraction of sp³-hybridized carbons (Fsp3) is 0.548. The maximum Gasteiger partial charge on any atom is 0.219 e. The Morgan fingerprint density at radius 1 is 1.09 bits per heavy atom. The van der Waals surface area contributed by atoms with Crippen molar-refractivity contribution in [3.8, 4) is 0 Å². The largest absolute Gasteiger partial charge is 0.340 e. The van der Waals surface area contributed by atoms with Gasteiger partial charge in [-0.3, -0.25) is 9.79 Å². The van der Waals surface area contributed by atoms with Gasteiger partial charge < -0.3 is 4.90 Å². The summed E-state index contributed by atoms with van der Waals surface area (Å²) < 4.78 is 0. The molecule has 1 amide bonds. The smallest absolute Gasteiger partial charge is 0.219 e. The van der Waals surface area contributed by atoms with Crippen molar-refractivity contribution in [2.24, 2.45) is 4.99 Å². The van der Waals surface area contributed by atoms with Crippen LogP contribution in [-0.2, 0) is 11.2 Å². The number of likely N-dealkylation sites (N-methyl/N-ethyl adjacent to an activating group) is 1. The molecule has 1 unspecified atom stereocenters. The van der Waals surface area contributed by atoms with E-state index < -0.39 is 0 Å². The van der Waals surface area contributed by atoms with Crippen LogP contribution in [0.15, 0.2) is 65.8 Å². The van der Waals surface area contributed by atoms with Crippen molar-refractivity contribution < 1.29 is 4.79 Å². The molecule has 0 N–H and O–H groups in total. The summed E-state index contributed by atoms with van der Waals surface area (Å²) in [5, 5.41) is 0. The van der Waals surface area contributed by atoms with E-state index in [-0.39, 0.29) is 11.9 Å². The van der Waals surface area contributed by atoms with Crippen LogP contribution in [0, 0.1) is 0 Å². The van der Waals surface area contributed by atoms with Gasteiger partial charge in [0.1, 0.15) is 0 Å². The second-order valence-corrected chi connectivity index (χ2v) is 9.58. The van der Waals surface area contributed by atoms with Crippen LogP contribution >= 0.6 is 11.8 Å². The zero-order valence-electron chi connectivity index (χ0n) is 24.0. The molecule has 0 aliphatic rings. The van der Waals surface area contributed by atoms with Gasteiger partial charge >= 0.3 is 0 Å². The molecule has 0 fully saturated rings. The SMILES string of the molecule is C/C=C/N=C(C)c1cccc(CC/C=C/C(CC)N(C)C(C)=O)c1.C/C=C\C.CCCCSCC. The zero-order valence-corrected chi connectivity index (χ0v) is 24.8. The monoisotopic (exact) mass is 500 g/mol. The molecule has 0 aromatic heterocycles. The van der Waals surface area contributed by atoms with Crippen LogP contribution < -0.4 is 0 Å². The third-order valence-electron chi connectivity index (χ3n) is 5.31. The molecule has 4 heteroatoms. The van der Waals surface area contributed by atoms with E-state index in [1.165, 1.54) is 29.9 Å². The summed E-state index contributed by atoms with van der Waals surface area (Å²) in [6.45, 7) is 16.1. The van der Waals surface area contributed by atoms with Crippen LogP contribution in [-0.4, -0.2) is 41.1 Å². The summed E-state index contributed by atoms with van der Waals surface area (Å²) in [6, 6.07) is 8.72. The first-order valence-corrected chi connectivity index (χ1v) is 14.3. The molecule has 0 aliphatic heterocycles. The Morgan fingerprint density at radius 2 is 1.77 bits per heavy atom. The average molecular weight is 501 g/mol. The van der Waals surface area contributed by atoms with E-state index in [4.69, 9.17) is 0 Å². The minimum absolute atomic E-state index is 0.107. The Morgan fingerprint density at radius 3 is 2.29 bits per heavy atom. The van der Waals surface area contributed by atoms with Gasteiger partial charge in [-0.2, -0.15) is 11.8 Å². The molecule has 0 radical (unpaired) electrons. The number of aliphatic imine (C=N–C) groups is 1. The molecule has 1 rings (SSSR count). The summed E-state index contributed by atoms with van der Waals surface area (Å²) in [4.78, 5) is 17.6. The highest BCUT2D eigenvalue weighted by molar-refractivity contribution is 7.99. The average Bonchev–Trinajstić information content (AvgIpc) is 2.88. The maximum absolute atomic E-state index is 11.5. The van der Waals surface area contributed by atoms with Gasteiger partial charge in [-0.15, -0.1) is 0 Å². The summed E-state index contributed by atoms with van der Waals surface area (Å²) in [6.07, 6.45) is 17.7. The van der Waals surface area contributed by atoms with Crippen LogP contribution in [0.5, 0.6) is 0 Å². The Labute approximate surface area is 221 Å². The van der Waals surface area contributed by atoms with E-state index in [1.807, 2.05) is 70.9 Å². The predicted molar refractivity (Wildman–Crippen MR) is 162 cm³/mol. The van der Waals surface area contributed by atoms with Crippen molar-refractivity contribution in [2.45, 2.75) is 93.5 Å². The van der Waals surface area contributed by atoms with Gasteiger partial charge in [0.15, 0.2) is 0 Å². The summed E-state index contributed by atoms with van der Waals surface area (Å²) >= 11 is 2.03. The predicted octanol–water partition coefficient (Wildman–Crippen LogP) is 8.90. The molecule has 0 heterocycles. The zero-order chi connectivity index (χ0) is 26.9. The van der Waals surface area contributed by atoms with Gasteiger partial charge in [-0.1, -0.05) is 75.8 Å². The normalized spacial score (nSPS) is 12.3. The van der Waals surface area contributed by atoms with Gasteiger partial charge in [0.05, 0.1) is 0 Å². The molecule has 1 aromatic carbocycles. The summed E-state index contributed by atoms with van der Waals surface area (Å²) in [5.74, 6) is 2.74. The Bertz CT molecular complexity index is 757. The van der Waals surface area contributed by atoms with E-state index in [2.05, 4.69) is 62.2 Å². The lowest BCUT2D eigenvalue weighted by molar-refractivity contribution is -0.128. The number of unbranched alkanes of at least 4 members (excludes halogenated alkanes) is 1. The Hall–Kier alpha value is -2.07. The lowest BCUT2D eigenvalue weighted by Gasteiger charge is -2.23. The Kier molecular flexibility index (Phi) is 25.1. The topological polar surface area (TPSA) is 32.7 Å². The standard InChI is InChI=1S/C21H30N2O.C6H14S.C4H8/c1-6-15-22-17(3)20-13-10-12-19(16-20)11-8-9-14-21(7-2)23(5)18(4)24;1-3-5-6-7-4-2;1-3-4-2/h6,9-10,12-16,21H,7-8,11H2,1-5H3;3-6H2,1-2H3;3-4H,1-2H3/b14-9+,15-6+,22-17?;;4-3-. The van der Waals surface area contributed by atoms with Crippen LogP contribution in [0.2, 0.25) is 0 Å². The van der Waals surface area contributed by atoms with E-state index in [1.54, 1.807) is 11.8 Å². The molecule has 0 spiro atoms. The van der Waals surface area contributed by atoms with Crippen molar-refractivity contribution >= 4 is 23.4 Å². The highest BCUT2D eigenvalue weighted by Crippen LogP contribution is 2.11. The quantitative estimate of drug-likeness (QED) is 0.163. The Balaban J connectivity index is 0. The van der Waals surface area contributed by atoms with Crippen molar-refractivity contribution in [1.82, 2.24) is 4.90 Å². The van der Waals surface area contributed by atoms with Gasteiger partial charge in [0.25, 0.3) is 0 Å². The minimum Gasteiger partial charge on any atom is -0.340 e. The number of carbonyl (C=O) groups excluding carboxylic acids is 1. The molecule has 0 saturated heterocycles. The van der Waals surface area contributed by atoms with Crippen molar-refractivity contribution in [3.63, 3.8) is 0 Å². The van der Waals surface area contributed by atoms with Gasteiger partial charge in [0, 0.05) is 31.9 Å². The molecular weight excluding hydrogens is 448 g/mol. The van der Waals surface area contributed by atoms with Crippen molar-refractivity contribution in [1.29, 1.82) is 0 Å². The van der Waals surface area contributed by atoms with E-state index in [9.17, 15) is 4.79 Å². The van der Waals surface area contributed by atoms with E-state index in [0.29, 0.717) is 0 Å². The fourth-order valence-electron chi connectivity index (χ4n) is 2.88. The number of amides is 1. The van der Waals surface area contributed by atoms with Gasteiger partial charge in [0.2, 0.25) is 5.91 Å². The lowest BCUT2D eigenvalue weighted by atomic mass is 10.0. The first kappa shape index (κ1) is 35.1. The fourth-order valence-corrected chi connectivity index (χ4v) is 3.66. The third kappa shape index (κ3) is 19.9. The number of carbonyl (C=O) groups is 1. The number of allylic oxidation sites excluding steroid dienone is 4. The number of benzene rings is 1. The van der Waals surface area contributed by atoms with Crippen LogP contribution in [0.4, 0.5) is 0 Å². The van der Waals surface area contributed by atoms with Crippen molar-refractivity contribution in [2.75, 3.05) is 18.6 Å². The minimum atomic E-state index is 0.107. The second kappa shape index (κ2) is 25.0. The molecule has 1 atom stereocenters. The number of nitrogens with zero attached hydrogens (tertiary/aromatic N) is 2. The van der Waals surface area contributed by atoms with Gasteiger partial charge in [-0.05, 0) is 82.1 Å². The molecule has 198 valence electrons. The molecule has 0 saturated carbocycles. The molecule has 3 nitrogen and oxygen atoms in total. The van der Waals surface area contributed by atoms with Crippen LogP contribution in [0.3, 0.4) is 0 Å². The molecule has 0 bridgehead atoms. The highest BCUT2D eigenvalue weighted by Gasteiger charge is 2.11. The number of aryl methyl sites for hydroxylation is 1. The molecular formula is C31H52N2OS. The van der Waals surface area contributed by atoms with Gasteiger partial charge in [-0.25, -0.2) is 0 Å². The van der Waals surface area contributed by atoms with Crippen molar-refractivity contribution in [3.05, 3.63) is 72.0 Å². The highest BCUT2D eigenvalue weighted by atomic mass is 32.2. The van der Waals surface area contributed by atoms with E-state index >= 15 is 0 Å². The maximum atomic E-state index is 11.5. The summed E-state index contributed by atoms with van der Waals surface area (Å²) in [5.41, 5.74) is 3.50. The van der Waals surface area contributed by atoms with Crippen LogP contribution in [0.25, 0.3) is 0 Å². The molecule has 0 aliphatic carbocycles. The first-order valence-electron chi connectivity index (χ1n) is 13.1. The van der Waals surface area contributed by atoms with Crippen LogP contribution in [0.1, 0.15) is 92.2 Å². The third-order valence-corrected chi connectivity index (χ3v) is 6.30.